The lowest BCUT2D eigenvalue weighted by Gasteiger charge is -2.13. The molecule has 0 aliphatic rings. The molecule has 10 heteroatoms. The van der Waals surface area contributed by atoms with Crippen molar-refractivity contribution in [2.24, 2.45) is 0 Å². The van der Waals surface area contributed by atoms with Gasteiger partial charge in [0.2, 0.25) is 11.8 Å². The first kappa shape index (κ1) is 24.8. The van der Waals surface area contributed by atoms with Crippen LogP contribution in [0.5, 0.6) is 11.5 Å². The molecule has 36 heavy (non-hydrogen) atoms. The van der Waals surface area contributed by atoms with E-state index in [9.17, 15) is 9.59 Å². The van der Waals surface area contributed by atoms with Crippen molar-refractivity contribution in [2.45, 2.75) is 12.1 Å². The largest absolute Gasteiger partial charge is 0.493 e. The highest BCUT2D eigenvalue weighted by molar-refractivity contribution is 7.99. The number of hydrogen-bond acceptors (Lipinski definition) is 7. The number of ether oxygens (including phenoxy) is 2. The Morgan fingerprint density at radius 1 is 0.861 bits per heavy atom. The molecule has 0 radical (unpaired) electrons. The lowest BCUT2D eigenvalue weighted by molar-refractivity contribution is -0.114. The number of nitrogens with zero attached hydrogens (tertiary/aromatic N) is 3. The molecule has 0 spiro atoms. The van der Waals surface area contributed by atoms with Gasteiger partial charge in [0.1, 0.15) is 0 Å². The van der Waals surface area contributed by atoms with Crippen LogP contribution in [0.2, 0.25) is 0 Å². The molecule has 1 aromatic heterocycles. The van der Waals surface area contributed by atoms with E-state index < -0.39 is 0 Å². The smallest absolute Gasteiger partial charge is 0.234 e. The maximum Gasteiger partial charge on any atom is 0.234 e. The minimum atomic E-state index is -0.199. The van der Waals surface area contributed by atoms with Crippen molar-refractivity contribution in [1.82, 2.24) is 14.8 Å². The number of carbonyl (C=O) groups excluding carboxylic acids is 2. The van der Waals surface area contributed by atoms with E-state index in [-0.39, 0.29) is 17.6 Å². The first-order valence-electron chi connectivity index (χ1n) is 11.0. The normalized spacial score (nSPS) is 10.5. The van der Waals surface area contributed by atoms with Crippen LogP contribution in [0.3, 0.4) is 0 Å². The summed E-state index contributed by atoms with van der Waals surface area (Å²) >= 11 is 1.27. The van der Waals surface area contributed by atoms with Crippen LogP contribution in [-0.4, -0.2) is 46.6 Å². The summed E-state index contributed by atoms with van der Waals surface area (Å²) in [5.41, 5.74) is 2.94. The van der Waals surface area contributed by atoms with Gasteiger partial charge in [-0.1, -0.05) is 42.1 Å². The van der Waals surface area contributed by atoms with Crippen molar-refractivity contribution >= 4 is 35.0 Å². The van der Waals surface area contributed by atoms with Gasteiger partial charge in [0.05, 0.1) is 25.7 Å². The van der Waals surface area contributed by atoms with E-state index in [1.165, 1.54) is 18.7 Å². The highest BCUT2D eigenvalue weighted by Crippen LogP contribution is 2.33. The zero-order valence-electron chi connectivity index (χ0n) is 20.0. The van der Waals surface area contributed by atoms with Gasteiger partial charge in [-0.3, -0.25) is 14.2 Å². The summed E-state index contributed by atoms with van der Waals surface area (Å²) in [6.07, 6.45) is 0. The molecule has 0 unspecified atom stereocenters. The van der Waals surface area contributed by atoms with Crippen LogP contribution < -0.4 is 20.1 Å². The van der Waals surface area contributed by atoms with Gasteiger partial charge in [0.15, 0.2) is 22.5 Å². The zero-order chi connectivity index (χ0) is 25.5. The number of benzene rings is 3. The van der Waals surface area contributed by atoms with Gasteiger partial charge in [-0.15, -0.1) is 10.2 Å². The number of carbonyl (C=O) groups is 2. The van der Waals surface area contributed by atoms with E-state index >= 15 is 0 Å². The molecule has 2 N–H and O–H groups in total. The fourth-order valence-electron chi connectivity index (χ4n) is 3.50. The Labute approximate surface area is 212 Å². The topological polar surface area (TPSA) is 107 Å². The maximum absolute atomic E-state index is 12.7. The highest BCUT2D eigenvalue weighted by Gasteiger charge is 2.19. The SMILES string of the molecule is COc1ccc(-n2c(SCC(=O)Nc3ccc(NC(C)=O)cc3)nnc2-c2ccccc2)cc1OC. The molecule has 4 rings (SSSR count). The van der Waals surface area contributed by atoms with Crippen LogP contribution >= 0.6 is 11.8 Å². The average molecular weight is 504 g/mol. The molecule has 0 saturated heterocycles. The fourth-order valence-corrected chi connectivity index (χ4v) is 4.25. The summed E-state index contributed by atoms with van der Waals surface area (Å²) in [4.78, 5) is 23.8. The van der Waals surface area contributed by atoms with Gasteiger partial charge in [-0.2, -0.15) is 0 Å². The first-order chi connectivity index (χ1) is 17.5. The third kappa shape index (κ3) is 5.84. The number of hydrogen-bond donors (Lipinski definition) is 2. The number of nitrogens with one attached hydrogen (secondary N) is 2. The number of thioether (sulfide) groups is 1. The van der Waals surface area contributed by atoms with Crippen LogP contribution in [-0.2, 0) is 9.59 Å². The average Bonchev–Trinajstić information content (AvgIpc) is 3.32. The second-order valence-corrected chi connectivity index (χ2v) is 8.58. The molecule has 0 atom stereocenters. The Morgan fingerprint density at radius 2 is 1.53 bits per heavy atom. The van der Waals surface area contributed by atoms with Gasteiger partial charge >= 0.3 is 0 Å². The van der Waals surface area contributed by atoms with Crippen LogP contribution in [0.25, 0.3) is 17.1 Å². The molecular weight excluding hydrogens is 478 g/mol. The summed E-state index contributed by atoms with van der Waals surface area (Å²) in [5, 5.41) is 14.9. The molecule has 9 nitrogen and oxygen atoms in total. The molecule has 0 bridgehead atoms. The monoisotopic (exact) mass is 503 g/mol. The van der Waals surface area contributed by atoms with Crippen molar-refractivity contribution in [3.63, 3.8) is 0 Å². The molecular formula is C26H25N5O4S. The van der Waals surface area contributed by atoms with E-state index in [4.69, 9.17) is 9.47 Å². The lowest BCUT2D eigenvalue weighted by Crippen LogP contribution is -2.14. The standard InChI is InChI=1S/C26H25N5O4S/c1-17(32)27-19-9-11-20(12-10-19)28-24(33)16-36-26-30-29-25(18-7-5-4-6-8-18)31(26)21-13-14-22(34-2)23(15-21)35-3/h4-15H,16H2,1-3H3,(H,27,32)(H,28,33). The van der Waals surface area contributed by atoms with Crippen LogP contribution in [0, 0.1) is 0 Å². The van der Waals surface area contributed by atoms with E-state index in [2.05, 4.69) is 20.8 Å². The minimum absolute atomic E-state index is 0.119. The van der Waals surface area contributed by atoms with E-state index in [0.717, 1.165) is 11.3 Å². The van der Waals surface area contributed by atoms with Gasteiger partial charge in [0.25, 0.3) is 0 Å². The van der Waals surface area contributed by atoms with Gasteiger partial charge < -0.3 is 20.1 Å². The summed E-state index contributed by atoms with van der Waals surface area (Å²) in [5.74, 6) is 1.58. The molecule has 0 aliphatic heterocycles. The van der Waals surface area contributed by atoms with Gasteiger partial charge in [0, 0.05) is 29.9 Å². The second kappa shape index (κ2) is 11.4. The van der Waals surface area contributed by atoms with Crippen molar-refractivity contribution < 1.29 is 19.1 Å². The molecule has 0 fully saturated rings. The lowest BCUT2D eigenvalue weighted by atomic mass is 10.2. The Hall–Kier alpha value is -4.31. The summed E-state index contributed by atoms with van der Waals surface area (Å²) in [6.45, 7) is 1.44. The van der Waals surface area contributed by atoms with Crippen molar-refractivity contribution in [3.8, 4) is 28.6 Å². The predicted octanol–water partition coefficient (Wildman–Crippen LogP) is 4.64. The molecule has 0 saturated carbocycles. The van der Waals surface area contributed by atoms with E-state index in [1.807, 2.05) is 53.1 Å². The third-order valence-electron chi connectivity index (χ3n) is 5.11. The molecule has 3 aromatic carbocycles. The highest BCUT2D eigenvalue weighted by atomic mass is 32.2. The Morgan fingerprint density at radius 3 is 2.17 bits per heavy atom. The van der Waals surface area contributed by atoms with Gasteiger partial charge in [-0.05, 0) is 36.4 Å². The maximum atomic E-state index is 12.7. The predicted molar refractivity (Wildman–Crippen MR) is 140 cm³/mol. The molecule has 184 valence electrons. The third-order valence-corrected chi connectivity index (χ3v) is 6.04. The quantitative estimate of drug-likeness (QED) is 0.320. The number of methoxy groups -OCH3 is 2. The van der Waals surface area contributed by atoms with Crippen LogP contribution in [0.1, 0.15) is 6.92 Å². The number of rotatable bonds is 9. The summed E-state index contributed by atoms with van der Waals surface area (Å²) < 4.78 is 12.7. The molecule has 1 heterocycles. The Bertz CT molecular complexity index is 1360. The van der Waals surface area contributed by atoms with Crippen LogP contribution in [0.4, 0.5) is 11.4 Å². The summed E-state index contributed by atoms with van der Waals surface area (Å²) in [7, 11) is 3.16. The Balaban J connectivity index is 1.56. The number of aromatic nitrogens is 3. The molecule has 2 amide bonds. The Kier molecular flexibility index (Phi) is 7.86. The van der Waals surface area contributed by atoms with Crippen LogP contribution in [0.15, 0.2) is 78.0 Å². The van der Waals surface area contributed by atoms with Crippen molar-refractivity contribution in [1.29, 1.82) is 0 Å². The second-order valence-electron chi connectivity index (χ2n) is 7.64. The van der Waals surface area contributed by atoms with E-state index in [0.29, 0.717) is 33.9 Å². The zero-order valence-corrected chi connectivity index (χ0v) is 20.8. The number of anilines is 2. The summed E-state index contributed by atoms with van der Waals surface area (Å²) in [6, 6.07) is 22.2. The van der Waals surface area contributed by atoms with E-state index in [1.54, 1.807) is 38.5 Å². The van der Waals surface area contributed by atoms with Crippen molar-refractivity contribution in [3.05, 3.63) is 72.8 Å². The fraction of sp³-hybridized carbons (Fsp3) is 0.154. The first-order valence-corrected chi connectivity index (χ1v) is 12.0. The van der Waals surface area contributed by atoms with Crippen molar-refractivity contribution in [2.75, 3.05) is 30.6 Å². The molecule has 0 aliphatic carbocycles. The van der Waals surface area contributed by atoms with Gasteiger partial charge in [-0.25, -0.2) is 0 Å². The minimum Gasteiger partial charge on any atom is -0.493 e. The number of amides is 2. The molecule has 4 aromatic rings.